The molecule has 3 N–H and O–H groups in total. The largest absolute Gasteiger partial charge is 0.450 e. The highest BCUT2D eigenvalue weighted by Crippen LogP contribution is 2.27. The van der Waals surface area contributed by atoms with Crippen LogP contribution in [0.3, 0.4) is 0 Å². The molecule has 0 radical (unpaired) electrons. The van der Waals surface area contributed by atoms with E-state index in [0.717, 1.165) is 63.8 Å². The summed E-state index contributed by atoms with van der Waals surface area (Å²) < 4.78 is 10.7. The Morgan fingerprint density at radius 1 is 0.968 bits per heavy atom. The van der Waals surface area contributed by atoms with Gasteiger partial charge >= 0.3 is 6.09 Å². The number of nitrogens with one attached hydrogen (secondary N) is 1. The van der Waals surface area contributed by atoms with Crippen molar-refractivity contribution in [2.45, 2.75) is 64.4 Å². The number of rotatable bonds is 16. The highest BCUT2D eigenvalue weighted by atomic mass is 16.5. The number of nitrogens with two attached hydrogens (primary N) is 1. The zero-order valence-corrected chi connectivity index (χ0v) is 18.9. The lowest BCUT2D eigenvalue weighted by Crippen LogP contribution is -2.15. The molecule has 2 aromatic rings. The molecule has 1 unspecified atom stereocenters. The SMILES string of the molecule is CCCCC(CCOC(N)=O)c1cccc(NCCCCCOCc2ccccc2)c1. The van der Waals surface area contributed by atoms with Crippen molar-refractivity contribution in [1.82, 2.24) is 0 Å². The summed E-state index contributed by atoms with van der Waals surface area (Å²) >= 11 is 0. The Kier molecular flexibility index (Phi) is 12.2. The van der Waals surface area contributed by atoms with Crippen LogP contribution in [0.2, 0.25) is 0 Å². The van der Waals surface area contributed by atoms with Crippen LogP contribution < -0.4 is 11.1 Å². The van der Waals surface area contributed by atoms with Crippen molar-refractivity contribution < 1.29 is 14.3 Å². The third-order valence-corrected chi connectivity index (χ3v) is 5.38. The second-order valence-corrected chi connectivity index (χ2v) is 7.95. The predicted molar refractivity (Wildman–Crippen MR) is 127 cm³/mol. The summed E-state index contributed by atoms with van der Waals surface area (Å²) in [5, 5.41) is 3.54. The van der Waals surface area contributed by atoms with Crippen LogP contribution in [0.25, 0.3) is 0 Å². The third kappa shape index (κ3) is 10.9. The van der Waals surface area contributed by atoms with Crippen molar-refractivity contribution in [3.63, 3.8) is 0 Å². The van der Waals surface area contributed by atoms with Crippen molar-refractivity contribution in [1.29, 1.82) is 0 Å². The first-order chi connectivity index (χ1) is 15.2. The van der Waals surface area contributed by atoms with Gasteiger partial charge in [-0.1, -0.05) is 62.2 Å². The van der Waals surface area contributed by atoms with Gasteiger partial charge in [-0.25, -0.2) is 4.79 Å². The number of ether oxygens (including phenoxy) is 2. The molecule has 5 heteroatoms. The molecule has 0 aliphatic carbocycles. The summed E-state index contributed by atoms with van der Waals surface area (Å²) in [6.07, 6.45) is 6.84. The van der Waals surface area contributed by atoms with E-state index in [9.17, 15) is 4.79 Å². The number of primary amides is 1. The Morgan fingerprint density at radius 3 is 2.58 bits per heavy atom. The zero-order valence-electron chi connectivity index (χ0n) is 18.9. The van der Waals surface area contributed by atoms with Crippen molar-refractivity contribution >= 4 is 11.8 Å². The Balaban J connectivity index is 1.67. The molecule has 5 nitrogen and oxygen atoms in total. The van der Waals surface area contributed by atoms with Gasteiger partial charge in [0.2, 0.25) is 0 Å². The van der Waals surface area contributed by atoms with Crippen LogP contribution in [-0.2, 0) is 16.1 Å². The normalized spacial score (nSPS) is 11.8. The molecule has 0 bridgehead atoms. The van der Waals surface area contributed by atoms with Crippen LogP contribution in [0.4, 0.5) is 10.5 Å². The summed E-state index contributed by atoms with van der Waals surface area (Å²) in [5.74, 6) is 0.378. The van der Waals surface area contributed by atoms with Crippen LogP contribution in [0.15, 0.2) is 54.6 Å². The van der Waals surface area contributed by atoms with Gasteiger partial charge in [-0.05, 0) is 61.3 Å². The minimum atomic E-state index is -0.699. The van der Waals surface area contributed by atoms with Crippen molar-refractivity contribution in [2.24, 2.45) is 5.73 Å². The van der Waals surface area contributed by atoms with Crippen LogP contribution in [-0.4, -0.2) is 25.9 Å². The predicted octanol–water partition coefficient (Wildman–Crippen LogP) is 6.24. The van der Waals surface area contributed by atoms with Crippen molar-refractivity contribution in [3.05, 3.63) is 65.7 Å². The van der Waals surface area contributed by atoms with Gasteiger partial charge in [-0.3, -0.25) is 0 Å². The van der Waals surface area contributed by atoms with Crippen LogP contribution in [0.5, 0.6) is 0 Å². The first-order valence-electron chi connectivity index (χ1n) is 11.6. The topological polar surface area (TPSA) is 73.6 Å². The maximum absolute atomic E-state index is 10.9. The van der Waals surface area contributed by atoms with Gasteiger partial charge < -0.3 is 20.5 Å². The molecule has 1 atom stereocenters. The molecular weight excluding hydrogens is 388 g/mol. The molecule has 0 aliphatic heterocycles. The standard InChI is InChI=1S/C26H38N2O3/c1-2-3-13-23(16-19-31-26(27)29)24-14-10-15-25(20-24)28-17-8-5-9-18-30-21-22-11-6-4-7-12-22/h4,6-7,10-12,14-15,20,23,28H,2-3,5,8-9,13,16-19,21H2,1H3,(H2,27,29). The molecule has 2 aromatic carbocycles. The van der Waals surface area contributed by atoms with Gasteiger partial charge in [0.05, 0.1) is 13.2 Å². The number of carbonyl (C=O) groups excluding carboxylic acids is 1. The first-order valence-corrected chi connectivity index (χ1v) is 11.6. The van der Waals surface area contributed by atoms with E-state index < -0.39 is 6.09 Å². The van der Waals surface area contributed by atoms with Crippen LogP contribution in [0.1, 0.15) is 68.9 Å². The van der Waals surface area contributed by atoms with E-state index >= 15 is 0 Å². The van der Waals surface area contributed by atoms with Crippen LogP contribution >= 0.6 is 0 Å². The Morgan fingerprint density at radius 2 is 1.81 bits per heavy atom. The smallest absolute Gasteiger partial charge is 0.404 e. The quantitative estimate of drug-likeness (QED) is 0.311. The number of carbonyl (C=O) groups is 1. The molecular formula is C26H38N2O3. The molecule has 1 amide bonds. The van der Waals surface area contributed by atoms with E-state index in [2.05, 4.69) is 48.6 Å². The third-order valence-electron chi connectivity index (χ3n) is 5.38. The lowest BCUT2D eigenvalue weighted by Gasteiger charge is -2.18. The van der Waals surface area contributed by atoms with Gasteiger partial charge in [-0.15, -0.1) is 0 Å². The number of amides is 1. The lowest BCUT2D eigenvalue weighted by atomic mass is 9.90. The molecule has 31 heavy (non-hydrogen) atoms. The van der Waals surface area contributed by atoms with Gasteiger partial charge in [0.15, 0.2) is 0 Å². The van der Waals surface area contributed by atoms with Crippen molar-refractivity contribution in [3.8, 4) is 0 Å². The Bertz CT molecular complexity index is 736. The zero-order chi connectivity index (χ0) is 22.2. The fraction of sp³-hybridized carbons (Fsp3) is 0.500. The summed E-state index contributed by atoms with van der Waals surface area (Å²) in [6, 6.07) is 18.9. The first kappa shape index (κ1) is 24.7. The summed E-state index contributed by atoms with van der Waals surface area (Å²) in [5.41, 5.74) is 8.76. The number of hydrogen-bond acceptors (Lipinski definition) is 4. The Hall–Kier alpha value is -2.53. The molecule has 0 heterocycles. The highest BCUT2D eigenvalue weighted by Gasteiger charge is 2.12. The molecule has 0 aliphatic rings. The average molecular weight is 427 g/mol. The van der Waals surface area contributed by atoms with E-state index in [0.29, 0.717) is 19.1 Å². The number of anilines is 1. The minimum absolute atomic E-state index is 0.369. The summed E-state index contributed by atoms with van der Waals surface area (Å²) in [7, 11) is 0. The average Bonchev–Trinajstić information content (AvgIpc) is 2.78. The van der Waals surface area contributed by atoms with Gasteiger partial charge in [-0.2, -0.15) is 0 Å². The molecule has 0 saturated carbocycles. The van der Waals surface area contributed by atoms with Gasteiger partial charge in [0.25, 0.3) is 0 Å². The van der Waals surface area contributed by atoms with E-state index in [4.69, 9.17) is 15.2 Å². The van der Waals surface area contributed by atoms with Gasteiger partial charge in [0, 0.05) is 18.8 Å². The lowest BCUT2D eigenvalue weighted by molar-refractivity contribution is 0.117. The maximum Gasteiger partial charge on any atom is 0.404 e. The molecule has 170 valence electrons. The summed E-state index contributed by atoms with van der Waals surface area (Å²) in [6.45, 7) is 5.01. The fourth-order valence-electron chi connectivity index (χ4n) is 3.64. The second-order valence-electron chi connectivity index (χ2n) is 7.95. The second kappa shape index (κ2) is 15.3. The maximum atomic E-state index is 10.9. The van der Waals surface area contributed by atoms with E-state index in [1.165, 1.54) is 11.1 Å². The molecule has 0 spiro atoms. The number of benzene rings is 2. The van der Waals surface area contributed by atoms with Crippen LogP contribution in [0, 0.1) is 0 Å². The minimum Gasteiger partial charge on any atom is -0.450 e. The Labute approximate surface area is 187 Å². The highest BCUT2D eigenvalue weighted by molar-refractivity contribution is 5.64. The molecule has 0 aromatic heterocycles. The van der Waals surface area contributed by atoms with E-state index in [-0.39, 0.29) is 0 Å². The monoisotopic (exact) mass is 426 g/mol. The summed E-state index contributed by atoms with van der Waals surface area (Å²) in [4.78, 5) is 10.9. The number of unbranched alkanes of at least 4 members (excludes halogenated alkanes) is 3. The van der Waals surface area contributed by atoms with E-state index in [1.807, 2.05) is 18.2 Å². The fourth-order valence-corrected chi connectivity index (χ4v) is 3.64. The molecule has 2 rings (SSSR count). The van der Waals surface area contributed by atoms with Gasteiger partial charge in [0.1, 0.15) is 0 Å². The number of hydrogen-bond donors (Lipinski definition) is 2. The molecule has 0 fully saturated rings. The van der Waals surface area contributed by atoms with Crippen molar-refractivity contribution in [2.75, 3.05) is 25.1 Å². The molecule has 0 saturated heterocycles. The van der Waals surface area contributed by atoms with E-state index in [1.54, 1.807) is 0 Å².